The lowest BCUT2D eigenvalue weighted by Crippen LogP contribution is -2.27. The Hall–Kier alpha value is -0.0400. The summed E-state index contributed by atoms with van der Waals surface area (Å²) < 4.78 is 6.11. The van der Waals surface area contributed by atoms with Crippen molar-refractivity contribution in [2.75, 3.05) is 6.61 Å². The van der Waals surface area contributed by atoms with E-state index in [2.05, 4.69) is 48.5 Å². The van der Waals surface area contributed by atoms with Crippen molar-refractivity contribution in [2.24, 2.45) is 11.3 Å². The second-order valence-corrected chi connectivity index (χ2v) is 7.10. The highest BCUT2D eigenvalue weighted by Gasteiger charge is 2.22. The third-order valence-corrected chi connectivity index (χ3v) is 4.54. The van der Waals surface area contributed by atoms with Crippen molar-refractivity contribution < 1.29 is 4.74 Å². The highest BCUT2D eigenvalue weighted by Crippen LogP contribution is 2.27. The minimum absolute atomic E-state index is 0.0480. The Morgan fingerprint density at radius 2 is 1.44 bits per heavy atom. The van der Waals surface area contributed by atoms with Crippen molar-refractivity contribution in [3.63, 3.8) is 0 Å². The molecule has 0 aromatic rings. The minimum atomic E-state index is 0.0480. The molecule has 0 bridgehead atoms. The van der Waals surface area contributed by atoms with Gasteiger partial charge >= 0.3 is 0 Å². The largest absolute Gasteiger partial charge is 0.376 e. The Morgan fingerprint density at radius 1 is 0.889 bits per heavy atom. The lowest BCUT2D eigenvalue weighted by molar-refractivity contribution is -0.0381. The van der Waals surface area contributed by atoms with E-state index in [4.69, 9.17) is 4.74 Å². The van der Waals surface area contributed by atoms with E-state index in [1.807, 2.05) is 0 Å². The van der Waals surface area contributed by atoms with Gasteiger partial charge in [0.15, 0.2) is 0 Å². The summed E-state index contributed by atoms with van der Waals surface area (Å²) in [6.45, 7) is 16.9. The number of rotatable bonds is 10. The summed E-state index contributed by atoms with van der Waals surface area (Å²) in [7, 11) is 0. The van der Waals surface area contributed by atoms with Gasteiger partial charge < -0.3 is 4.74 Å². The van der Waals surface area contributed by atoms with Crippen molar-refractivity contribution in [3.05, 3.63) is 0 Å². The van der Waals surface area contributed by atoms with Gasteiger partial charge in [0.2, 0.25) is 0 Å². The van der Waals surface area contributed by atoms with Crippen LogP contribution in [-0.4, -0.2) is 12.2 Å². The monoisotopic (exact) mass is 256 g/mol. The van der Waals surface area contributed by atoms with E-state index in [-0.39, 0.29) is 5.60 Å². The first kappa shape index (κ1) is 18.0. The molecular weight excluding hydrogens is 220 g/mol. The third kappa shape index (κ3) is 8.13. The number of ether oxygens (including phenoxy) is 1. The average molecular weight is 256 g/mol. The van der Waals surface area contributed by atoms with Gasteiger partial charge in [0, 0.05) is 6.61 Å². The first-order chi connectivity index (χ1) is 8.26. The van der Waals surface area contributed by atoms with E-state index in [1.54, 1.807) is 0 Å². The van der Waals surface area contributed by atoms with E-state index in [0.717, 1.165) is 18.9 Å². The second-order valence-electron chi connectivity index (χ2n) is 7.10. The van der Waals surface area contributed by atoms with Gasteiger partial charge in [-0.1, -0.05) is 53.9 Å². The van der Waals surface area contributed by atoms with E-state index >= 15 is 0 Å². The van der Waals surface area contributed by atoms with Crippen LogP contribution in [0.4, 0.5) is 0 Å². The zero-order valence-electron chi connectivity index (χ0n) is 13.9. The maximum absolute atomic E-state index is 6.11. The van der Waals surface area contributed by atoms with Gasteiger partial charge in [-0.15, -0.1) is 0 Å². The van der Waals surface area contributed by atoms with Crippen molar-refractivity contribution in [3.8, 4) is 0 Å². The summed E-state index contributed by atoms with van der Waals surface area (Å²) >= 11 is 0. The van der Waals surface area contributed by atoms with Crippen LogP contribution in [0.5, 0.6) is 0 Å². The summed E-state index contributed by atoms with van der Waals surface area (Å²) in [6.07, 6.45) is 7.48. The summed E-state index contributed by atoms with van der Waals surface area (Å²) in [5.74, 6) is 0.875. The van der Waals surface area contributed by atoms with Crippen LogP contribution in [0.3, 0.4) is 0 Å². The maximum atomic E-state index is 6.11. The fraction of sp³-hybridized carbons (Fsp3) is 1.00. The van der Waals surface area contributed by atoms with Gasteiger partial charge in [-0.2, -0.15) is 0 Å². The molecule has 0 rings (SSSR count). The van der Waals surface area contributed by atoms with Gasteiger partial charge in [0.05, 0.1) is 5.60 Å². The van der Waals surface area contributed by atoms with Crippen LogP contribution in [0, 0.1) is 11.3 Å². The van der Waals surface area contributed by atoms with E-state index in [1.165, 1.54) is 32.1 Å². The van der Waals surface area contributed by atoms with E-state index in [9.17, 15) is 0 Å². The van der Waals surface area contributed by atoms with Crippen LogP contribution in [0.15, 0.2) is 0 Å². The Balaban J connectivity index is 3.93. The molecule has 0 aromatic heterocycles. The Labute approximate surface area is 116 Å². The van der Waals surface area contributed by atoms with Crippen molar-refractivity contribution in [1.82, 2.24) is 0 Å². The molecule has 0 spiro atoms. The standard InChI is InChI=1S/C17H36O/c1-8-15(9-2)11-12-17(6,7)18-14-13-16(4,5)10-3/h15H,8-14H2,1-7H3. The molecule has 0 amide bonds. The molecular formula is C17H36O. The van der Waals surface area contributed by atoms with Gasteiger partial charge in [0.25, 0.3) is 0 Å². The van der Waals surface area contributed by atoms with Crippen molar-refractivity contribution >= 4 is 0 Å². The molecule has 0 saturated heterocycles. The molecule has 0 aromatic carbocycles. The molecule has 18 heavy (non-hydrogen) atoms. The highest BCUT2D eigenvalue weighted by atomic mass is 16.5. The molecule has 0 N–H and O–H groups in total. The highest BCUT2D eigenvalue weighted by molar-refractivity contribution is 4.72. The molecule has 0 aliphatic heterocycles. The summed E-state index contributed by atoms with van der Waals surface area (Å²) in [5, 5.41) is 0. The Morgan fingerprint density at radius 3 is 1.89 bits per heavy atom. The lowest BCUT2D eigenvalue weighted by Gasteiger charge is -2.30. The summed E-state index contributed by atoms with van der Waals surface area (Å²) in [6, 6.07) is 0. The molecule has 0 saturated carbocycles. The van der Waals surface area contributed by atoms with Crippen molar-refractivity contribution in [2.45, 2.75) is 92.6 Å². The van der Waals surface area contributed by atoms with Gasteiger partial charge in [-0.25, -0.2) is 0 Å². The lowest BCUT2D eigenvalue weighted by atomic mass is 9.87. The number of hydrogen-bond acceptors (Lipinski definition) is 1. The first-order valence-electron chi connectivity index (χ1n) is 7.90. The van der Waals surface area contributed by atoms with E-state index in [0.29, 0.717) is 5.41 Å². The van der Waals surface area contributed by atoms with Crippen LogP contribution < -0.4 is 0 Å². The molecule has 0 aliphatic carbocycles. The fourth-order valence-electron chi connectivity index (χ4n) is 2.10. The van der Waals surface area contributed by atoms with Crippen LogP contribution >= 0.6 is 0 Å². The first-order valence-corrected chi connectivity index (χ1v) is 7.90. The quantitative estimate of drug-likeness (QED) is 0.478. The third-order valence-electron chi connectivity index (χ3n) is 4.54. The predicted molar refractivity (Wildman–Crippen MR) is 82.0 cm³/mol. The molecule has 110 valence electrons. The van der Waals surface area contributed by atoms with Crippen LogP contribution in [-0.2, 0) is 4.74 Å². The molecule has 1 nitrogen and oxygen atoms in total. The minimum Gasteiger partial charge on any atom is -0.376 e. The second kappa shape index (κ2) is 8.19. The predicted octanol–water partition coefficient (Wildman–Crippen LogP) is 5.82. The fourth-order valence-corrected chi connectivity index (χ4v) is 2.10. The zero-order valence-corrected chi connectivity index (χ0v) is 13.9. The Bertz CT molecular complexity index is 202. The SMILES string of the molecule is CCC(CC)CCC(C)(C)OCCC(C)(C)CC. The topological polar surface area (TPSA) is 9.23 Å². The molecule has 0 unspecified atom stereocenters. The molecule has 0 aliphatic rings. The zero-order chi connectivity index (χ0) is 14.2. The molecule has 0 atom stereocenters. The molecule has 0 radical (unpaired) electrons. The molecule has 0 fully saturated rings. The van der Waals surface area contributed by atoms with Gasteiger partial charge in [0.1, 0.15) is 0 Å². The summed E-state index contributed by atoms with van der Waals surface area (Å²) in [4.78, 5) is 0. The smallest absolute Gasteiger partial charge is 0.0626 e. The van der Waals surface area contributed by atoms with E-state index < -0.39 is 0 Å². The van der Waals surface area contributed by atoms with Crippen LogP contribution in [0.1, 0.15) is 87.0 Å². The summed E-state index contributed by atoms with van der Waals surface area (Å²) in [5.41, 5.74) is 0.470. The average Bonchev–Trinajstić information content (AvgIpc) is 2.29. The number of hydrogen-bond donors (Lipinski definition) is 0. The normalized spacial score (nSPS) is 13.3. The molecule has 0 heterocycles. The molecule has 1 heteroatoms. The van der Waals surface area contributed by atoms with Crippen LogP contribution in [0.25, 0.3) is 0 Å². The maximum Gasteiger partial charge on any atom is 0.0626 e. The van der Waals surface area contributed by atoms with Gasteiger partial charge in [-0.3, -0.25) is 0 Å². The van der Waals surface area contributed by atoms with Crippen LogP contribution in [0.2, 0.25) is 0 Å². The Kier molecular flexibility index (Phi) is 8.18. The van der Waals surface area contributed by atoms with Gasteiger partial charge in [-0.05, 0) is 44.4 Å². The van der Waals surface area contributed by atoms with Crippen molar-refractivity contribution in [1.29, 1.82) is 0 Å².